The first-order chi connectivity index (χ1) is 9.54. The highest BCUT2D eigenvalue weighted by molar-refractivity contribution is 6.33. The van der Waals surface area contributed by atoms with Crippen molar-refractivity contribution in [3.8, 4) is 17.2 Å². The van der Waals surface area contributed by atoms with Gasteiger partial charge in [-0.25, -0.2) is 9.78 Å². The molecule has 2 aromatic carbocycles. The molecule has 0 amide bonds. The van der Waals surface area contributed by atoms with E-state index in [2.05, 4.69) is 4.98 Å². The zero-order chi connectivity index (χ0) is 14.3. The van der Waals surface area contributed by atoms with Crippen molar-refractivity contribution in [2.45, 2.75) is 0 Å². The minimum absolute atomic E-state index is 0.0397. The molecule has 20 heavy (non-hydrogen) atoms. The van der Waals surface area contributed by atoms with Crippen molar-refractivity contribution in [3.05, 3.63) is 47.0 Å². The summed E-state index contributed by atoms with van der Waals surface area (Å²) in [6.45, 7) is 0. The summed E-state index contributed by atoms with van der Waals surface area (Å²) in [5.74, 6) is -0.770. The average molecular weight is 290 g/mol. The van der Waals surface area contributed by atoms with Crippen molar-refractivity contribution >= 4 is 28.7 Å². The van der Waals surface area contributed by atoms with Gasteiger partial charge in [-0.15, -0.1) is 0 Å². The molecule has 0 radical (unpaired) electrons. The van der Waals surface area contributed by atoms with Gasteiger partial charge in [-0.1, -0.05) is 11.6 Å². The predicted molar refractivity (Wildman–Crippen MR) is 73.1 cm³/mol. The van der Waals surface area contributed by atoms with Gasteiger partial charge >= 0.3 is 5.97 Å². The zero-order valence-electron chi connectivity index (χ0n) is 10.0. The molecule has 3 rings (SSSR count). The molecule has 0 unspecified atom stereocenters. The van der Waals surface area contributed by atoms with E-state index in [9.17, 15) is 9.90 Å². The van der Waals surface area contributed by atoms with Gasteiger partial charge in [0.15, 0.2) is 5.58 Å². The highest BCUT2D eigenvalue weighted by Gasteiger charge is 2.14. The first-order valence-electron chi connectivity index (χ1n) is 5.67. The molecule has 1 aromatic heterocycles. The number of hydrogen-bond acceptors (Lipinski definition) is 4. The second-order valence-corrected chi connectivity index (χ2v) is 4.58. The molecular formula is C14H8ClNO4. The Morgan fingerprint density at radius 2 is 2.00 bits per heavy atom. The topological polar surface area (TPSA) is 83.6 Å². The quantitative estimate of drug-likeness (QED) is 0.753. The van der Waals surface area contributed by atoms with E-state index in [0.717, 1.165) is 0 Å². The Morgan fingerprint density at radius 1 is 1.20 bits per heavy atom. The standard InChI is InChI=1S/C14H8ClNO4/c15-10-3-2-8(17)6-9(10)13-16-11-5-7(14(18)19)1-4-12(11)20-13/h1-6,17H,(H,18,19). The Labute approximate surface area is 118 Å². The van der Waals surface area contributed by atoms with E-state index in [1.165, 1.54) is 36.4 Å². The molecule has 0 fully saturated rings. The number of halogens is 1. The normalized spacial score (nSPS) is 10.8. The molecule has 0 atom stereocenters. The summed E-state index contributed by atoms with van der Waals surface area (Å²) in [4.78, 5) is 15.1. The number of phenolic OH excluding ortho intramolecular Hbond substituents is 1. The predicted octanol–water partition coefficient (Wildman–Crippen LogP) is 3.55. The first kappa shape index (κ1) is 12.5. The van der Waals surface area contributed by atoms with Crippen LogP contribution in [0.1, 0.15) is 10.4 Å². The second kappa shape index (κ2) is 4.54. The summed E-state index contributed by atoms with van der Waals surface area (Å²) in [6.07, 6.45) is 0. The Bertz CT molecular complexity index is 825. The Morgan fingerprint density at radius 3 is 2.75 bits per heavy atom. The summed E-state index contributed by atoms with van der Waals surface area (Å²) in [5.41, 5.74) is 1.43. The van der Waals surface area contributed by atoms with Crippen molar-refractivity contribution in [3.63, 3.8) is 0 Å². The van der Waals surface area contributed by atoms with Gasteiger partial charge in [0, 0.05) is 0 Å². The number of phenols is 1. The van der Waals surface area contributed by atoms with E-state index < -0.39 is 5.97 Å². The van der Waals surface area contributed by atoms with E-state index in [1.807, 2.05) is 0 Å². The summed E-state index contributed by atoms with van der Waals surface area (Å²) in [7, 11) is 0. The average Bonchev–Trinajstić information content (AvgIpc) is 2.83. The van der Waals surface area contributed by atoms with Crippen molar-refractivity contribution in [2.24, 2.45) is 0 Å². The zero-order valence-corrected chi connectivity index (χ0v) is 10.8. The van der Waals surface area contributed by atoms with Crippen molar-refractivity contribution in [1.29, 1.82) is 0 Å². The minimum Gasteiger partial charge on any atom is -0.508 e. The van der Waals surface area contributed by atoms with Gasteiger partial charge in [0.2, 0.25) is 5.89 Å². The molecule has 100 valence electrons. The SMILES string of the molecule is O=C(O)c1ccc2oc(-c3cc(O)ccc3Cl)nc2c1. The van der Waals surface area contributed by atoms with Crippen LogP contribution in [-0.2, 0) is 0 Å². The third-order valence-electron chi connectivity index (χ3n) is 2.81. The van der Waals surface area contributed by atoms with E-state index in [0.29, 0.717) is 21.7 Å². The lowest BCUT2D eigenvalue weighted by Crippen LogP contribution is -1.94. The maximum Gasteiger partial charge on any atom is 0.335 e. The number of carboxylic acid groups (broad SMARTS) is 1. The second-order valence-electron chi connectivity index (χ2n) is 4.17. The largest absolute Gasteiger partial charge is 0.508 e. The summed E-state index contributed by atoms with van der Waals surface area (Å²) < 4.78 is 5.53. The smallest absolute Gasteiger partial charge is 0.335 e. The number of aromatic carboxylic acids is 1. The number of carbonyl (C=O) groups is 1. The number of fused-ring (bicyclic) bond motifs is 1. The maximum absolute atomic E-state index is 10.9. The van der Waals surface area contributed by atoms with Gasteiger partial charge in [-0.3, -0.25) is 0 Å². The van der Waals surface area contributed by atoms with Gasteiger partial charge in [-0.05, 0) is 36.4 Å². The lowest BCUT2D eigenvalue weighted by molar-refractivity contribution is 0.0697. The molecule has 0 aliphatic heterocycles. The Kier molecular flexibility index (Phi) is 2.84. The van der Waals surface area contributed by atoms with Gasteiger partial charge < -0.3 is 14.6 Å². The molecule has 0 spiro atoms. The van der Waals surface area contributed by atoms with Gasteiger partial charge in [0.1, 0.15) is 11.3 Å². The molecule has 6 heteroatoms. The van der Waals surface area contributed by atoms with Crippen molar-refractivity contribution in [2.75, 3.05) is 0 Å². The minimum atomic E-state index is -1.04. The fraction of sp³-hybridized carbons (Fsp3) is 0. The fourth-order valence-electron chi connectivity index (χ4n) is 1.85. The molecule has 0 bridgehead atoms. The summed E-state index contributed by atoms with van der Waals surface area (Å²) in [6, 6.07) is 8.81. The Hall–Kier alpha value is -2.53. The van der Waals surface area contributed by atoms with E-state index in [1.54, 1.807) is 0 Å². The van der Waals surface area contributed by atoms with E-state index in [4.69, 9.17) is 21.1 Å². The van der Waals surface area contributed by atoms with Crippen LogP contribution in [-0.4, -0.2) is 21.2 Å². The number of rotatable bonds is 2. The van der Waals surface area contributed by atoms with Crippen LogP contribution in [0.4, 0.5) is 0 Å². The van der Waals surface area contributed by atoms with Gasteiger partial charge in [0.25, 0.3) is 0 Å². The number of aromatic nitrogens is 1. The summed E-state index contributed by atoms with van der Waals surface area (Å²) >= 11 is 6.03. The van der Waals surface area contributed by atoms with E-state index >= 15 is 0 Å². The molecule has 2 N–H and O–H groups in total. The number of nitrogens with zero attached hydrogens (tertiary/aromatic N) is 1. The monoisotopic (exact) mass is 289 g/mol. The van der Waals surface area contributed by atoms with Crippen LogP contribution >= 0.6 is 11.6 Å². The molecule has 0 saturated heterocycles. The Balaban J connectivity index is 2.17. The van der Waals surface area contributed by atoms with Crippen LogP contribution in [0.25, 0.3) is 22.6 Å². The molecule has 5 nitrogen and oxygen atoms in total. The number of benzene rings is 2. The number of aromatic hydroxyl groups is 1. The maximum atomic E-state index is 10.9. The highest BCUT2D eigenvalue weighted by Crippen LogP contribution is 2.32. The molecule has 3 aromatic rings. The third-order valence-corrected chi connectivity index (χ3v) is 3.14. The molecular weight excluding hydrogens is 282 g/mol. The summed E-state index contributed by atoms with van der Waals surface area (Å²) in [5, 5.41) is 18.8. The number of hydrogen-bond donors (Lipinski definition) is 2. The number of oxazole rings is 1. The number of carboxylic acids is 1. The van der Waals surface area contributed by atoms with Crippen LogP contribution in [0.2, 0.25) is 5.02 Å². The molecule has 0 aliphatic rings. The van der Waals surface area contributed by atoms with Crippen LogP contribution in [0, 0.1) is 0 Å². The van der Waals surface area contributed by atoms with E-state index in [-0.39, 0.29) is 17.2 Å². The van der Waals surface area contributed by atoms with Crippen LogP contribution in [0.3, 0.4) is 0 Å². The van der Waals surface area contributed by atoms with Crippen molar-refractivity contribution < 1.29 is 19.4 Å². The highest BCUT2D eigenvalue weighted by atomic mass is 35.5. The fourth-order valence-corrected chi connectivity index (χ4v) is 2.05. The van der Waals surface area contributed by atoms with Gasteiger partial charge in [-0.2, -0.15) is 0 Å². The molecule has 1 heterocycles. The molecule has 0 saturated carbocycles. The molecule has 0 aliphatic carbocycles. The van der Waals surface area contributed by atoms with Gasteiger partial charge in [0.05, 0.1) is 16.1 Å². The van der Waals surface area contributed by atoms with Crippen LogP contribution in [0.15, 0.2) is 40.8 Å². The lowest BCUT2D eigenvalue weighted by atomic mass is 10.2. The van der Waals surface area contributed by atoms with Crippen molar-refractivity contribution in [1.82, 2.24) is 4.98 Å². The van der Waals surface area contributed by atoms with Crippen LogP contribution in [0.5, 0.6) is 5.75 Å². The van der Waals surface area contributed by atoms with Crippen LogP contribution < -0.4 is 0 Å². The first-order valence-corrected chi connectivity index (χ1v) is 6.05. The lowest BCUT2D eigenvalue weighted by Gasteiger charge is -1.99. The third kappa shape index (κ3) is 2.08.